The molecule has 4 nitrogen and oxygen atoms in total. The summed E-state index contributed by atoms with van der Waals surface area (Å²) >= 11 is 0. The first-order valence-corrected chi connectivity index (χ1v) is 10.9. The normalized spacial score (nSPS) is 11.5. The van der Waals surface area contributed by atoms with Crippen LogP contribution in [0.25, 0.3) is 0 Å². The van der Waals surface area contributed by atoms with Crippen molar-refractivity contribution in [3.8, 4) is 0 Å². The maximum Gasteiger partial charge on any atom is 0.264 e. The van der Waals surface area contributed by atoms with Crippen molar-refractivity contribution >= 4 is 15.9 Å². The maximum atomic E-state index is 13.2. The molecule has 3 aromatic carbocycles. The van der Waals surface area contributed by atoms with Gasteiger partial charge in [-0.3, -0.25) is 4.79 Å². The van der Waals surface area contributed by atoms with Gasteiger partial charge < -0.3 is 0 Å². The van der Waals surface area contributed by atoms with E-state index < -0.39 is 21.8 Å². The molecule has 0 fully saturated rings. The van der Waals surface area contributed by atoms with E-state index in [2.05, 4.69) is 4.72 Å². The lowest BCUT2D eigenvalue weighted by Crippen LogP contribution is -2.36. The van der Waals surface area contributed by atoms with Crippen LogP contribution in [0.4, 0.5) is 0 Å². The van der Waals surface area contributed by atoms with Gasteiger partial charge in [0.1, 0.15) is 0 Å². The molecule has 0 heterocycles. The zero-order valence-electron chi connectivity index (χ0n) is 17.1. The molecular formula is C24H25NO3S. The van der Waals surface area contributed by atoms with E-state index in [1.165, 1.54) is 0 Å². The van der Waals surface area contributed by atoms with Crippen molar-refractivity contribution in [2.45, 2.75) is 38.5 Å². The molecule has 0 spiro atoms. The number of carbonyl (C=O) groups excluding carboxylic acids is 1. The van der Waals surface area contributed by atoms with Gasteiger partial charge in [0.05, 0.1) is 10.8 Å². The highest BCUT2D eigenvalue weighted by Crippen LogP contribution is 2.28. The first-order valence-electron chi connectivity index (χ1n) is 9.46. The van der Waals surface area contributed by atoms with Gasteiger partial charge in [0.15, 0.2) is 0 Å². The average Bonchev–Trinajstić information content (AvgIpc) is 2.68. The summed E-state index contributed by atoms with van der Waals surface area (Å²) in [5.41, 5.74) is 4.54. The van der Waals surface area contributed by atoms with Crippen LogP contribution >= 0.6 is 0 Å². The van der Waals surface area contributed by atoms with Crippen LogP contribution in [0, 0.1) is 27.7 Å². The van der Waals surface area contributed by atoms with Crippen molar-refractivity contribution in [2.24, 2.45) is 0 Å². The second kappa shape index (κ2) is 8.21. The number of carbonyl (C=O) groups is 1. The number of nitrogens with one attached hydrogen (secondary N) is 1. The maximum absolute atomic E-state index is 13.2. The van der Waals surface area contributed by atoms with E-state index in [9.17, 15) is 13.2 Å². The second-order valence-electron chi connectivity index (χ2n) is 7.31. The van der Waals surface area contributed by atoms with Gasteiger partial charge in [-0.2, -0.15) is 0 Å². The van der Waals surface area contributed by atoms with E-state index in [0.717, 1.165) is 22.3 Å². The Hall–Kier alpha value is -2.92. The van der Waals surface area contributed by atoms with Gasteiger partial charge in [-0.1, -0.05) is 66.7 Å². The molecule has 0 aliphatic carbocycles. The molecule has 0 aliphatic rings. The molecule has 0 unspecified atom stereocenters. The standard InChI is InChI=1S/C24H25NO3S/c1-16-15-17(2)19(4)23(18(16)3)29(27,28)25-24(26)22(20-11-7-5-8-12-20)21-13-9-6-10-14-21/h5-15,22H,1-4H3,(H,25,26). The molecular weight excluding hydrogens is 382 g/mol. The molecule has 3 rings (SSSR count). The van der Waals surface area contributed by atoms with Crippen LogP contribution in [0.3, 0.4) is 0 Å². The topological polar surface area (TPSA) is 63.2 Å². The van der Waals surface area contributed by atoms with Crippen LogP contribution in [-0.2, 0) is 14.8 Å². The Bertz CT molecular complexity index is 1070. The Morgan fingerprint density at radius 3 is 1.59 bits per heavy atom. The SMILES string of the molecule is Cc1cc(C)c(C)c(S(=O)(=O)NC(=O)C(c2ccccc2)c2ccccc2)c1C. The summed E-state index contributed by atoms with van der Waals surface area (Å²) in [6, 6.07) is 20.4. The lowest BCUT2D eigenvalue weighted by molar-refractivity contribution is -0.119. The summed E-state index contributed by atoms with van der Waals surface area (Å²) < 4.78 is 28.8. The van der Waals surface area contributed by atoms with Gasteiger partial charge in [-0.05, 0) is 61.1 Å². The molecule has 0 saturated heterocycles. The summed E-state index contributed by atoms with van der Waals surface area (Å²) in [4.78, 5) is 13.4. The Labute approximate surface area is 172 Å². The van der Waals surface area contributed by atoms with Crippen LogP contribution in [0.1, 0.15) is 39.3 Å². The molecule has 0 atom stereocenters. The molecule has 0 radical (unpaired) electrons. The minimum atomic E-state index is -4.03. The number of rotatable bonds is 5. The third-order valence-electron chi connectivity index (χ3n) is 5.33. The Kier molecular flexibility index (Phi) is 5.89. The minimum Gasteiger partial charge on any atom is -0.273 e. The predicted molar refractivity (Wildman–Crippen MR) is 115 cm³/mol. The van der Waals surface area contributed by atoms with Crippen molar-refractivity contribution < 1.29 is 13.2 Å². The van der Waals surface area contributed by atoms with Crippen LogP contribution in [0.15, 0.2) is 71.6 Å². The Balaban J connectivity index is 2.05. The third kappa shape index (κ3) is 4.25. The molecule has 3 aromatic rings. The molecule has 5 heteroatoms. The van der Waals surface area contributed by atoms with Crippen molar-refractivity contribution in [1.82, 2.24) is 4.72 Å². The molecule has 0 saturated carbocycles. The molecule has 1 N–H and O–H groups in total. The van der Waals surface area contributed by atoms with Crippen LogP contribution in [0.5, 0.6) is 0 Å². The van der Waals surface area contributed by atoms with E-state index in [-0.39, 0.29) is 4.90 Å². The van der Waals surface area contributed by atoms with Gasteiger partial charge in [-0.15, -0.1) is 0 Å². The minimum absolute atomic E-state index is 0.184. The highest BCUT2D eigenvalue weighted by atomic mass is 32.2. The largest absolute Gasteiger partial charge is 0.273 e. The van der Waals surface area contributed by atoms with E-state index in [1.807, 2.05) is 80.6 Å². The number of hydrogen-bond donors (Lipinski definition) is 1. The first-order chi connectivity index (χ1) is 13.7. The first kappa shape index (κ1) is 20.8. The van der Waals surface area contributed by atoms with Crippen molar-refractivity contribution in [2.75, 3.05) is 0 Å². The highest BCUT2D eigenvalue weighted by molar-refractivity contribution is 7.90. The summed E-state index contributed by atoms with van der Waals surface area (Å²) in [5, 5.41) is 0. The lowest BCUT2D eigenvalue weighted by atomic mass is 9.91. The predicted octanol–water partition coefficient (Wildman–Crippen LogP) is 4.56. The fourth-order valence-electron chi connectivity index (χ4n) is 3.61. The van der Waals surface area contributed by atoms with Gasteiger partial charge >= 0.3 is 0 Å². The van der Waals surface area contributed by atoms with E-state index >= 15 is 0 Å². The molecule has 150 valence electrons. The van der Waals surface area contributed by atoms with Gasteiger partial charge in [-0.25, -0.2) is 13.1 Å². The highest BCUT2D eigenvalue weighted by Gasteiger charge is 2.29. The molecule has 0 aromatic heterocycles. The van der Waals surface area contributed by atoms with Gasteiger partial charge in [0, 0.05) is 0 Å². The number of benzene rings is 3. The van der Waals surface area contributed by atoms with E-state index in [1.54, 1.807) is 13.8 Å². The van der Waals surface area contributed by atoms with Gasteiger partial charge in [0.25, 0.3) is 10.0 Å². The summed E-state index contributed by atoms with van der Waals surface area (Å²) in [7, 11) is -4.03. The third-order valence-corrected chi connectivity index (χ3v) is 6.95. The number of amides is 1. The molecule has 1 amide bonds. The quantitative estimate of drug-likeness (QED) is 0.674. The Morgan fingerprint density at radius 1 is 0.759 bits per heavy atom. The van der Waals surface area contributed by atoms with Crippen molar-refractivity contribution in [1.29, 1.82) is 0 Å². The van der Waals surface area contributed by atoms with Gasteiger partial charge in [0.2, 0.25) is 5.91 Å². The summed E-state index contributed by atoms with van der Waals surface area (Å²) in [5.74, 6) is -1.29. The van der Waals surface area contributed by atoms with Crippen LogP contribution in [0.2, 0.25) is 0 Å². The fraction of sp³-hybridized carbons (Fsp3) is 0.208. The molecule has 0 bridgehead atoms. The van der Waals surface area contributed by atoms with Crippen LogP contribution in [-0.4, -0.2) is 14.3 Å². The van der Waals surface area contributed by atoms with E-state index in [4.69, 9.17) is 0 Å². The number of hydrogen-bond acceptors (Lipinski definition) is 3. The monoisotopic (exact) mass is 407 g/mol. The summed E-state index contributed by atoms with van der Waals surface area (Å²) in [6.45, 7) is 7.29. The lowest BCUT2D eigenvalue weighted by Gasteiger charge is -2.20. The smallest absolute Gasteiger partial charge is 0.264 e. The summed E-state index contributed by atoms with van der Waals surface area (Å²) in [6.07, 6.45) is 0. The number of sulfonamides is 1. The second-order valence-corrected chi connectivity index (χ2v) is 8.93. The Morgan fingerprint density at radius 2 is 1.17 bits per heavy atom. The van der Waals surface area contributed by atoms with Crippen LogP contribution < -0.4 is 4.72 Å². The molecule has 29 heavy (non-hydrogen) atoms. The fourth-order valence-corrected chi connectivity index (χ4v) is 5.23. The van der Waals surface area contributed by atoms with E-state index in [0.29, 0.717) is 11.1 Å². The van der Waals surface area contributed by atoms with Crippen molar-refractivity contribution in [3.05, 3.63) is 100 Å². The van der Waals surface area contributed by atoms with Crippen molar-refractivity contribution in [3.63, 3.8) is 0 Å². The number of aryl methyl sites for hydroxylation is 2. The zero-order valence-corrected chi connectivity index (χ0v) is 17.9. The molecule has 0 aliphatic heterocycles. The zero-order chi connectivity index (χ0) is 21.2. The average molecular weight is 408 g/mol.